The van der Waals surface area contributed by atoms with E-state index in [1.54, 1.807) is 0 Å². The molecule has 1 unspecified atom stereocenters. The van der Waals surface area contributed by atoms with Gasteiger partial charge in [-0.05, 0) is 25.5 Å². The second-order valence-electron chi connectivity index (χ2n) is 4.87. The van der Waals surface area contributed by atoms with E-state index >= 15 is 0 Å². The van der Waals surface area contributed by atoms with Crippen LogP contribution in [-0.4, -0.2) is 19.2 Å². The summed E-state index contributed by atoms with van der Waals surface area (Å²) in [6, 6.07) is 10.6. The highest BCUT2D eigenvalue weighted by molar-refractivity contribution is 5.20. The molecule has 1 rings (SSSR count). The van der Waals surface area contributed by atoms with Crippen molar-refractivity contribution in [2.24, 2.45) is 0 Å². The Balaban J connectivity index is 1.97. The molecule has 1 aromatic carbocycles. The molecule has 0 amide bonds. The smallest absolute Gasteiger partial charge is 0.119 e. The minimum absolute atomic E-state index is 0.598. The number of nitrogens with one attached hydrogen (secondary N) is 1. The first-order chi connectivity index (χ1) is 8.83. The predicted molar refractivity (Wildman–Crippen MR) is 78.2 cm³/mol. The number of rotatable bonds is 10. The van der Waals surface area contributed by atoms with E-state index < -0.39 is 0 Å². The molecule has 0 saturated carbocycles. The minimum Gasteiger partial charge on any atom is -0.492 e. The quantitative estimate of drug-likeness (QED) is 0.632. The summed E-state index contributed by atoms with van der Waals surface area (Å²) < 4.78 is 5.64. The molecular formula is C16H27NO. The lowest BCUT2D eigenvalue weighted by molar-refractivity contribution is 0.304. The van der Waals surface area contributed by atoms with Crippen LogP contribution >= 0.6 is 0 Å². The van der Waals surface area contributed by atoms with Crippen molar-refractivity contribution in [3.05, 3.63) is 30.3 Å². The molecule has 1 N–H and O–H groups in total. The summed E-state index contributed by atoms with van der Waals surface area (Å²) in [6.07, 6.45) is 6.65. The van der Waals surface area contributed by atoms with Gasteiger partial charge in [-0.3, -0.25) is 0 Å². The zero-order valence-corrected chi connectivity index (χ0v) is 11.8. The molecule has 0 aliphatic heterocycles. The molecule has 0 aliphatic carbocycles. The molecular weight excluding hydrogens is 222 g/mol. The van der Waals surface area contributed by atoms with Crippen molar-refractivity contribution in [2.75, 3.05) is 13.2 Å². The van der Waals surface area contributed by atoms with E-state index in [9.17, 15) is 0 Å². The Bertz CT molecular complexity index is 286. The van der Waals surface area contributed by atoms with Crippen LogP contribution in [-0.2, 0) is 0 Å². The number of hydrogen-bond acceptors (Lipinski definition) is 2. The molecule has 0 aliphatic rings. The lowest BCUT2D eigenvalue weighted by Gasteiger charge is -2.14. The fourth-order valence-electron chi connectivity index (χ4n) is 1.97. The number of para-hydroxylation sites is 1. The normalized spacial score (nSPS) is 12.3. The second-order valence-corrected chi connectivity index (χ2v) is 4.87. The van der Waals surface area contributed by atoms with Crippen LogP contribution in [0.5, 0.6) is 5.75 Å². The zero-order valence-electron chi connectivity index (χ0n) is 11.8. The lowest BCUT2D eigenvalue weighted by Crippen LogP contribution is -2.30. The van der Waals surface area contributed by atoms with Gasteiger partial charge in [0.1, 0.15) is 12.4 Å². The van der Waals surface area contributed by atoms with Crippen LogP contribution in [0.25, 0.3) is 0 Å². The van der Waals surface area contributed by atoms with Crippen molar-refractivity contribution >= 4 is 0 Å². The second kappa shape index (κ2) is 9.95. The van der Waals surface area contributed by atoms with Crippen molar-refractivity contribution in [1.82, 2.24) is 5.32 Å². The minimum atomic E-state index is 0.598. The van der Waals surface area contributed by atoms with E-state index in [2.05, 4.69) is 19.2 Å². The molecule has 0 spiro atoms. The van der Waals surface area contributed by atoms with Gasteiger partial charge in [0, 0.05) is 12.6 Å². The summed E-state index contributed by atoms with van der Waals surface area (Å²) in [7, 11) is 0. The molecule has 0 fully saturated rings. The molecule has 2 heteroatoms. The standard InChI is InChI=1S/C16H27NO/c1-3-4-5-7-10-15(2)17-13-14-18-16-11-8-6-9-12-16/h6,8-9,11-12,15,17H,3-5,7,10,13-14H2,1-2H3. The van der Waals surface area contributed by atoms with Gasteiger partial charge in [-0.2, -0.15) is 0 Å². The molecule has 0 heterocycles. The molecule has 0 radical (unpaired) electrons. The summed E-state index contributed by atoms with van der Waals surface area (Å²) in [5.74, 6) is 0.954. The summed E-state index contributed by atoms with van der Waals surface area (Å²) in [5, 5.41) is 3.50. The highest BCUT2D eigenvalue weighted by atomic mass is 16.5. The first kappa shape index (κ1) is 15.0. The summed E-state index contributed by atoms with van der Waals surface area (Å²) >= 11 is 0. The van der Waals surface area contributed by atoms with Crippen LogP contribution in [0.15, 0.2) is 30.3 Å². The third-order valence-electron chi connectivity index (χ3n) is 3.10. The van der Waals surface area contributed by atoms with Crippen molar-refractivity contribution in [1.29, 1.82) is 0 Å². The van der Waals surface area contributed by atoms with E-state index in [0.717, 1.165) is 18.9 Å². The Labute approximate surface area is 112 Å². The van der Waals surface area contributed by atoms with E-state index in [1.165, 1.54) is 32.1 Å². The summed E-state index contributed by atoms with van der Waals surface area (Å²) in [5.41, 5.74) is 0. The van der Waals surface area contributed by atoms with E-state index in [0.29, 0.717) is 6.04 Å². The van der Waals surface area contributed by atoms with Crippen LogP contribution < -0.4 is 10.1 Å². The van der Waals surface area contributed by atoms with Gasteiger partial charge in [0.15, 0.2) is 0 Å². The molecule has 1 atom stereocenters. The summed E-state index contributed by atoms with van der Waals surface area (Å²) in [6.45, 7) is 6.17. The van der Waals surface area contributed by atoms with E-state index in [4.69, 9.17) is 4.74 Å². The Morgan fingerprint density at radius 2 is 1.89 bits per heavy atom. The highest BCUT2D eigenvalue weighted by Crippen LogP contribution is 2.08. The third kappa shape index (κ3) is 7.33. The topological polar surface area (TPSA) is 21.3 Å². The third-order valence-corrected chi connectivity index (χ3v) is 3.10. The van der Waals surface area contributed by atoms with E-state index in [-0.39, 0.29) is 0 Å². The lowest BCUT2D eigenvalue weighted by atomic mass is 10.1. The van der Waals surface area contributed by atoms with Crippen LogP contribution in [0.1, 0.15) is 46.0 Å². The Hall–Kier alpha value is -1.02. The average molecular weight is 249 g/mol. The molecule has 102 valence electrons. The number of benzene rings is 1. The Morgan fingerprint density at radius 1 is 1.11 bits per heavy atom. The van der Waals surface area contributed by atoms with Crippen LogP contribution in [0, 0.1) is 0 Å². The highest BCUT2D eigenvalue weighted by Gasteiger charge is 2.00. The predicted octanol–water partition coefficient (Wildman–Crippen LogP) is 4.01. The monoisotopic (exact) mass is 249 g/mol. The van der Waals surface area contributed by atoms with Crippen LogP contribution in [0.4, 0.5) is 0 Å². The van der Waals surface area contributed by atoms with Gasteiger partial charge in [-0.1, -0.05) is 50.8 Å². The molecule has 0 saturated heterocycles. The Kier molecular flexibility index (Phi) is 8.32. The van der Waals surface area contributed by atoms with Gasteiger partial charge in [0.2, 0.25) is 0 Å². The fourth-order valence-corrected chi connectivity index (χ4v) is 1.97. The number of hydrogen-bond donors (Lipinski definition) is 1. The van der Waals surface area contributed by atoms with Crippen LogP contribution in [0.3, 0.4) is 0 Å². The van der Waals surface area contributed by atoms with Gasteiger partial charge in [0.05, 0.1) is 0 Å². The molecule has 2 nitrogen and oxygen atoms in total. The maximum Gasteiger partial charge on any atom is 0.119 e. The van der Waals surface area contributed by atoms with Crippen molar-refractivity contribution in [3.63, 3.8) is 0 Å². The summed E-state index contributed by atoms with van der Waals surface area (Å²) in [4.78, 5) is 0. The first-order valence-electron chi connectivity index (χ1n) is 7.24. The van der Waals surface area contributed by atoms with Crippen LogP contribution in [0.2, 0.25) is 0 Å². The fraction of sp³-hybridized carbons (Fsp3) is 0.625. The maximum atomic E-state index is 5.64. The molecule has 0 aromatic heterocycles. The van der Waals surface area contributed by atoms with E-state index in [1.807, 2.05) is 30.3 Å². The van der Waals surface area contributed by atoms with Crippen molar-refractivity contribution < 1.29 is 4.74 Å². The SMILES string of the molecule is CCCCCCC(C)NCCOc1ccccc1. The average Bonchev–Trinajstić information content (AvgIpc) is 2.41. The van der Waals surface area contributed by atoms with Crippen molar-refractivity contribution in [2.45, 2.75) is 52.0 Å². The maximum absolute atomic E-state index is 5.64. The van der Waals surface area contributed by atoms with Gasteiger partial charge < -0.3 is 10.1 Å². The van der Waals surface area contributed by atoms with Gasteiger partial charge in [-0.25, -0.2) is 0 Å². The van der Waals surface area contributed by atoms with Gasteiger partial charge in [0.25, 0.3) is 0 Å². The Morgan fingerprint density at radius 3 is 2.61 bits per heavy atom. The zero-order chi connectivity index (χ0) is 13.1. The molecule has 1 aromatic rings. The molecule has 18 heavy (non-hydrogen) atoms. The first-order valence-corrected chi connectivity index (χ1v) is 7.24. The number of ether oxygens (including phenoxy) is 1. The van der Waals surface area contributed by atoms with Gasteiger partial charge in [-0.15, -0.1) is 0 Å². The molecule has 0 bridgehead atoms. The number of unbranched alkanes of at least 4 members (excludes halogenated alkanes) is 3. The van der Waals surface area contributed by atoms with Gasteiger partial charge >= 0.3 is 0 Å². The largest absolute Gasteiger partial charge is 0.492 e. The van der Waals surface area contributed by atoms with Crippen molar-refractivity contribution in [3.8, 4) is 5.75 Å².